The fourth-order valence-corrected chi connectivity index (χ4v) is 3.07. The van der Waals surface area contributed by atoms with Crippen LogP contribution in [0.15, 0.2) is 76.1 Å². The van der Waals surface area contributed by atoms with Crippen molar-refractivity contribution in [3.63, 3.8) is 0 Å². The Morgan fingerprint density at radius 1 is 1.12 bits per heavy atom. The maximum absolute atomic E-state index is 12.9. The second kappa shape index (κ2) is 7.27. The minimum Gasteiger partial charge on any atom is -0.300 e. The number of nitrogens with zero attached hydrogens (tertiary/aromatic N) is 1. The van der Waals surface area contributed by atoms with Gasteiger partial charge in [0.2, 0.25) is 0 Å². The number of hydrogen-bond acceptors (Lipinski definition) is 3. The number of carbonyl (C=O) groups excluding carboxylic acids is 1. The molecule has 0 atom stereocenters. The van der Waals surface area contributed by atoms with Gasteiger partial charge in [0.1, 0.15) is 5.82 Å². The predicted molar refractivity (Wildman–Crippen MR) is 97.4 cm³/mol. The number of aliphatic imine (C=N–C) groups is 1. The van der Waals surface area contributed by atoms with E-state index in [0.717, 1.165) is 11.1 Å². The molecule has 1 amide bonds. The third kappa shape index (κ3) is 4.20. The Bertz CT molecular complexity index is 839. The summed E-state index contributed by atoms with van der Waals surface area (Å²) in [5.74, 6) is -0.494. The largest absolute Gasteiger partial charge is 0.300 e. The standard InChI is InChI=1S/C19H15FN2OS/c1-13(11-14-5-3-2-4-6-14)12-17-18(23)22-19(24-17)21-16-9-7-15(20)8-10-16/h2-12H,1H3,(H,21,22,23)/b13-11?,17-12-. The highest BCUT2D eigenvalue weighted by Gasteiger charge is 2.23. The summed E-state index contributed by atoms with van der Waals surface area (Å²) in [6.45, 7) is 1.95. The summed E-state index contributed by atoms with van der Waals surface area (Å²) in [6, 6.07) is 15.7. The SMILES string of the molecule is CC(=Cc1ccccc1)/C=C1\SC(=Nc2ccc(F)cc2)NC1=O. The molecule has 0 radical (unpaired) electrons. The lowest BCUT2D eigenvalue weighted by atomic mass is 10.1. The smallest absolute Gasteiger partial charge is 0.264 e. The van der Waals surface area contributed by atoms with E-state index in [4.69, 9.17) is 0 Å². The van der Waals surface area contributed by atoms with Crippen LogP contribution in [0.5, 0.6) is 0 Å². The highest BCUT2D eigenvalue weighted by Crippen LogP contribution is 2.27. The molecule has 2 aromatic rings. The average molecular weight is 338 g/mol. The molecule has 1 N–H and O–H groups in total. The first-order valence-electron chi connectivity index (χ1n) is 7.39. The van der Waals surface area contributed by atoms with Crippen LogP contribution in [0.1, 0.15) is 12.5 Å². The molecule has 0 spiro atoms. The molecule has 0 aromatic heterocycles. The Balaban J connectivity index is 1.77. The van der Waals surface area contributed by atoms with Crippen LogP contribution in [-0.2, 0) is 4.79 Å². The summed E-state index contributed by atoms with van der Waals surface area (Å²) in [5.41, 5.74) is 2.65. The van der Waals surface area contributed by atoms with E-state index in [1.165, 1.54) is 23.9 Å². The second-order valence-corrected chi connectivity index (χ2v) is 6.29. The van der Waals surface area contributed by atoms with Gasteiger partial charge < -0.3 is 5.32 Å². The maximum Gasteiger partial charge on any atom is 0.264 e. The molecule has 24 heavy (non-hydrogen) atoms. The van der Waals surface area contributed by atoms with Gasteiger partial charge in [-0.1, -0.05) is 36.4 Å². The van der Waals surface area contributed by atoms with E-state index in [1.54, 1.807) is 12.1 Å². The van der Waals surface area contributed by atoms with Crippen molar-refractivity contribution in [2.24, 2.45) is 4.99 Å². The van der Waals surface area contributed by atoms with E-state index in [9.17, 15) is 9.18 Å². The summed E-state index contributed by atoms with van der Waals surface area (Å²) in [6.07, 6.45) is 3.84. The van der Waals surface area contributed by atoms with E-state index in [-0.39, 0.29) is 11.7 Å². The van der Waals surface area contributed by atoms with Crippen molar-refractivity contribution >= 4 is 34.6 Å². The zero-order valence-electron chi connectivity index (χ0n) is 13.0. The van der Waals surface area contributed by atoms with Crippen molar-refractivity contribution < 1.29 is 9.18 Å². The van der Waals surface area contributed by atoms with E-state index < -0.39 is 0 Å². The number of rotatable bonds is 3. The molecule has 1 aliphatic rings. The van der Waals surface area contributed by atoms with Crippen LogP contribution in [0.4, 0.5) is 10.1 Å². The van der Waals surface area contributed by atoms with Crippen LogP contribution < -0.4 is 5.32 Å². The molecule has 0 saturated carbocycles. The van der Waals surface area contributed by atoms with Gasteiger partial charge in [0.05, 0.1) is 10.6 Å². The molecule has 3 rings (SSSR count). The third-order valence-corrected chi connectivity index (χ3v) is 4.17. The van der Waals surface area contributed by atoms with Gasteiger partial charge in [0.25, 0.3) is 5.91 Å². The van der Waals surface area contributed by atoms with E-state index in [1.807, 2.05) is 49.4 Å². The van der Waals surface area contributed by atoms with E-state index in [2.05, 4.69) is 10.3 Å². The first-order valence-corrected chi connectivity index (χ1v) is 8.20. The monoisotopic (exact) mass is 338 g/mol. The van der Waals surface area contributed by atoms with Gasteiger partial charge in [-0.2, -0.15) is 0 Å². The normalized spacial score (nSPS) is 18.2. The van der Waals surface area contributed by atoms with Crippen molar-refractivity contribution in [1.82, 2.24) is 5.32 Å². The molecule has 120 valence electrons. The number of allylic oxidation sites excluding steroid dienone is 2. The Morgan fingerprint density at radius 2 is 1.83 bits per heavy atom. The van der Waals surface area contributed by atoms with Crippen molar-refractivity contribution in [1.29, 1.82) is 0 Å². The van der Waals surface area contributed by atoms with Crippen LogP contribution in [0.3, 0.4) is 0 Å². The average Bonchev–Trinajstić information content (AvgIpc) is 2.90. The quantitative estimate of drug-likeness (QED) is 0.827. The summed E-state index contributed by atoms with van der Waals surface area (Å²) >= 11 is 1.27. The molecule has 0 bridgehead atoms. The molecule has 1 aliphatic heterocycles. The Hall–Kier alpha value is -2.66. The number of carbonyl (C=O) groups is 1. The minimum absolute atomic E-state index is 0.179. The number of nitrogens with one attached hydrogen (secondary N) is 1. The fourth-order valence-electron chi connectivity index (χ4n) is 2.17. The molecule has 0 aliphatic carbocycles. The number of halogens is 1. The van der Waals surface area contributed by atoms with Crippen LogP contribution in [0.2, 0.25) is 0 Å². The van der Waals surface area contributed by atoms with Gasteiger partial charge >= 0.3 is 0 Å². The molecule has 5 heteroatoms. The van der Waals surface area contributed by atoms with Crippen LogP contribution in [0, 0.1) is 5.82 Å². The lowest BCUT2D eigenvalue weighted by molar-refractivity contribution is -0.115. The first kappa shape index (κ1) is 16.2. The fraction of sp³-hybridized carbons (Fsp3) is 0.0526. The highest BCUT2D eigenvalue weighted by atomic mass is 32.2. The second-order valence-electron chi connectivity index (χ2n) is 5.26. The van der Waals surface area contributed by atoms with E-state index >= 15 is 0 Å². The number of thioether (sulfide) groups is 1. The van der Waals surface area contributed by atoms with Crippen LogP contribution >= 0.6 is 11.8 Å². The topological polar surface area (TPSA) is 41.5 Å². The van der Waals surface area contributed by atoms with E-state index in [0.29, 0.717) is 15.8 Å². The maximum atomic E-state index is 12.9. The van der Waals surface area contributed by atoms with Crippen molar-refractivity contribution in [3.05, 3.63) is 82.5 Å². The predicted octanol–water partition coefficient (Wildman–Crippen LogP) is 4.66. The molecule has 3 nitrogen and oxygen atoms in total. The molecule has 2 aromatic carbocycles. The van der Waals surface area contributed by atoms with Crippen LogP contribution in [-0.4, -0.2) is 11.1 Å². The van der Waals surface area contributed by atoms with Crippen molar-refractivity contribution in [2.45, 2.75) is 6.92 Å². The van der Waals surface area contributed by atoms with Crippen LogP contribution in [0.25, 0.3) is 6.08 Å². The summed E-state index contributed by atoms with van der Waals surface area (Å²) < 4.78 is 12.9. The Kier molecular flexibility index (Phi) is 4.91. The highest BCUT2D eigenvalue weighted by molar-refractivity contribution is 8.18. The van der Waals surface area contributed by atoms with Gasteiger partial charge in [-0.15, -0.1) is 0 Å². The summed E-state index contributed by atoms with van der Waals surface area (Å²) in [7, 11) is 0. The molecule has 0 unspecified atom stereocenters. The zero-order valence-corrected chi connectivity index (χ0v) is 13.8. The first-order chi connectivity index (χ1) is 11.6. The van der Waals surface area contributed by atoms with Gasteiger partial charge in [0, 0.05) is 0 Å². The zero-order chi connectivity index (χ0) is 16.9. The van der Waals surface area contributed by atoms with Gasteiger partial charge in [-0.05, 0) is 60.2 Å². The van der Waals surface area contributed by atoms with Gasteiger partial charge in [-0.3, -0.25) is 4.79 Å². The minimum atomic E-state index is -0.315. The Morgan fingerprint density at radius 3 is 2.54 bits per heavy atom. The lowest BCUT2D eigenvalue weighted by Crippen LogP contribution is -2.19. The molecule has 1 heterocycles. The molecule has 1 fully saturated rings. The summed E-state index contributed by atoms with van der Waals surface area (Å²) in [4.78, 5) is 16.9. The third-order valence-electron chi connectivity index (χ3n) is 3.26. The number of hydrogen-bond donors (Lipinski definition) is 1. The van der Waals surface area contributed by atoms with Crippen molar-refractivity contribution in [2.75, 3.05) is 0 Å². The molecular weight excluding hydrogens is 323 g/mol. The Labute approximate surface area is 144 Å². The number of amides is 1. The molecule has 1 saturated heterocycles. The van der Waals surface area contributed by atoms with Gasteiger partial charge in [0.15, 0.2) is 5.17 Å². The lowest BCUT2D eigenvalue weighted by Gasteiger charge is -1.96. The van der Waals surface area contributed by atoms with Gasteiger partial charge in [-0.25, -0.2) is 9.38 Å². The van der Waals surface area contributed by atoms with Crippen molar-refractivity contribution in [3.8, 4) is 0 Å². The number of amidine groups is 1. The molecular formula is C19H15FN2OS. The summed E-state index contributed by atoms with van der Waals surface area (Å²) in [5, 5.41) is 3.21. The number of benzene rings is 2.